The van der Waals surface area contributed by atoms with Crippen LogP contribution in [0.2, 0.25) is 5.02 Å². The number of nitrogens with zero attached hydrogens (tertiary/aromatic N) is 2. The lowest BCUT2D eigenvalue weighted by molar-refractivity contribution is -0.123. The molecule has 2 aromatic carbocycles. The molecule has 0 aliphatic heterocycles. The summed E-state index contributed by atoms with van der Waals surface area (Å²) < 4.78 is 32.6. The van der Waals surface area contributed by atoms with Gasteiger partial charge in [0.1, 0.15) is 30.7 Å². The van der Waals surface area contributed by atoms with E-state index < -0.39 is 42.3 Å². The molecule has 0 spiro atoms. The van der Waals surface area contributed by atoms with E-state index in [0.717, 1.165) is 0 Å². The molecule has 0 bridgehead atoms. The summed E-state index contributed by atoms with van der Waals surface area (Å²) in [6, 6.07) is 8.81. The van der Waals surface area contributed by atoms with Gasteiger partial charge in [0.15, 0.2) is 0 Å². The Kier molecular flexibility index (Phi) is 10.8. The Bertz CT molecular complexity index is 1330. The number of hydrogen-bond donors (Lipinski definition) is 4. The third-order valence-electron chi connectivity index (χ3n) is 5.83. The van der Waals surface area contributed by atoms with Gasteiger partial charge in [0, 0.05) is 31.7 Å². The highest BCUT2D eigenvalue weighted by Gasteiger charge is 2.22. The van der Waals surface area contributed by atoms with E-state index in [0.29, 0.717) is 29.2 Å². The number of halogens is 3. The van der Waals surface area contributed by atoms with Crippen molar-refractivity contribution in [2.75, 3.05) is 32.1 Å². The Balaban J connectivity index is 1.60. The van der Waals surface area contributed by atoms with Crippen molar-refractivity contribution in [3.05, 3.63) is 70.9 Å². The topological polar surface area (TPSA) is 133 Å². The normalized spacial score (nSPS) is 11.5. The number of carbonyl (C=O) groups excluding carboxylic acids is 3. The predicted molar refractivity (Wildman–Crippen MR) is 141 cm³/mol. The van der Waals surface area contributed by atoms with Crippen molar-refractivity contribution in [1.82, 2.24) is 20.5 Å². The molecule has 4 N–H and O–H groups in total. The zero-order valence-corrected chi connectivity index (χ0v) is 21.8. The maximum Gasteiger partial charge on any atom is 0.412 e. The van der Waals surface area contributed by atoms with Gasteiger partial charge in [-0.2, -0.15) is 0 Å². The number of anilines is 1. The Morgan fingerprint density at radius 2 is 1.92 bits per heavy atom. The molecule has 0 aliphatic carbocycles. The second-order valence-corrected chi connectivity index (χ2v) is 8.95. The van der Waals surface area contributed by atoms with Crippen LogP contribution in [0.4, 0.5) is 24.2 Å². The van der Waals surface area contributed by atoms with Gasteiger partial charge in [-0.3, -0.25) is 10.1 Å². The SMILES string of the molecule is CN(C(=O)NCc1cccc(F)c1Cl)[C@@H](CCCNC(=O)CO)COC(=O)Nc1cc2cc(F)ccc2cn1. The van der Waals surface area contributed by atoms with E-state index >= 15 is 0 Å². The predicted octanol–water partition coefficient (Wildman–Crippen LogP) is 3.81. The van der Waals surface area contributed by atoms with Crippen LogP contribution in [-0.4, -0.2) is 65.9 Å². The van der Waals surface area contributed by atoms with Crippen LogP contribution in [0, 0.1) is 11.6 Å². The number of aliphatic hydroxyl groups excluding tert-OH is 1. The van der Waals surface area contributed by atoms with E-state index in [-0.39, 0.29) is 30.5 Å². The van der Waals surface area contributed by atoms with Crippen LogP contribution in [0.15, 0.2) is 48.7 Å². The molecule has 0 fully saturated rings. The Morgan fingerprint density at radius 3 is 2.69 bits per heavy atom. The van der Waals surface area contributed by atoms with Crippen LogP contribution in [0.5, 0.6) is 0 Å². The monoisotopic (exact) mass is 563 g/mol. The average Bonchev–Trinajstić information content (AvgIpc) is 2.92. The summed E-state index contributed by atoms with van der Waals surface area (Å²) in [5.74, 6) is -1.42. The first-order valence-corrected chi connectivity index (χ1v) is 12.4. The summed E-state index contributed by atoms with van der Waals surface area (Å²) >= 11 is 5.95. The van der Waals surface area contributed by atoms with Gasteiger partial charge in [0.05, 0.1) is 11.1 Å². The minimum atomic E-state index is -0.836. The Morgan fingerprint density at radius 1 is 1.13 bits per heavy atom. The number of nitrogens with one attached hydrogen (secondary N) is 3. The van der Waals surface area contributed by atoms with Gasteiger partial charge in [-0.05, 0) is 54.1 Å². The first kappa shape index (κ1) is 29.5. The van der Waals surface area contributed by atoms with E-state index in [9.17, 15) is 23.2 Å². The number of aromatic nitrogens is 1. The average molecular weight is 564 g/mol. The molecule has 208 valence electrons. The first-order chi connectivity index (χ1) is 18.7. The van der Waals surface area contributed by atoms with Crippen molar-refractivity contribution < 1.29 is 33.0 Å². The molecule has 3 aromatic rings. The van der Waals surface area contributed by atoms with E-state index in [1.54, 1.807) is 12.1 Å². The van der Waals surface area contributed by atoms with Gasteiger partial charge in [-0.15, -0.1) is 0 Å². The number of hydrogen-bond acceptors (Lipinski definition) is 6. The molecule has 39 heavy (non-hydrogen) atoms. The maximum atomic E-state index is 13.7. The second kappa shape index (κ2) is 14.2. The molecule has 0 saturated heterocycles. The number of amides is 4. The lowest BCUT2D eigenvalue weighted by Crippen LogP contribution is -2.46. The van der Waals surface area contributed by atoms with Gasteiger partial charge < -0.3 is 25.4 Å². The molecule has 1 aromatic heterocycles. The van der Waals surface area contributed by atoms with Crippen molar-refractivity contribution >= 4 is 46.2 Å². The van der Waals surface area contributed by atoms with E-state index in [4.69, 9.17) is 21.4 Å². The number of urea groups is 1. The molecule has 0 aliphatic rings. The summed E-state index contributed by atoms with van der Waals surface area (Å²) in [7, 11) is 1.50. The fraction of sp³-hybridized carbons (Fsp3) is 0.308. The molecule has 1 atom stereocenters. The minimum absolute atomic E-state index is 0.0331. The Hall–Kier alpha value is -4.03. The highest BCUT2D eigenvalue weighted by atomic mass is 35.5. The van der Waals surface area contributed by atoms with Crippen molar-refractivity contribution in [2.45, 2.75) is 25.4 Å². The Labute approximate surface area is 228 Å². The number of aliphatic hydroxyl groups is 1. The van der Waals surface area contributed by atoms with Crippen molar-refractivity contribution in [3.8, 4) is 0 Å². The number of pyridine rings is 1. The van der Waals surface area contributed by atoms with Crippen molar-refractivity contribution in [1.29, 1.82) is 0 Å². The number of ether oxygens (including phenoxy) is 1. The number of rotatable bonds is 11. The third kappa shape index (κ3) is 8.76. The zero-order valence-electron chi connectivity index (χ0n) is 21.0. The van der Waals surface area contributed by atoms with Gasteiger partial charge in [-0.25, -0.2) is 23.4 Å². The van der Waals surface area contributed by atoms with Crippen LogP contribution in [0.1, 0.15) is 18.4 Å². The summed E-state index contributed by atoms with van der Waals surface area (Å²) in [6.45, 7) is -0.650. The highest BCUT2D eigenvalue weighted by Crippen LogP contribution is 2.20. The lowest BCUT2D eigenvalue weighted by Gasteiger charge is -2.28. The van der Waals surface area contributed by atoms with Gasteiger partial charge in [0.25, 0.3) is 0 Å². The molecule has 4 amide bonds. The summed E-state index contributed by atoms with van der Waals surface area (Å²) in [4.78, 5) is 42.0. The number of likely N-dealkylation sites (N-methyl/N-ethyl adjacent to an activating group) is 1. The van der Waals surface area contributed by atoms with Crippen molar-refractivity contribution in [2.24, 2.45) is 0 Å². The van der Waals surface area contributed by atoms with Gasteiger partial charge >= 0.3 is 12.1 Å². The smallest absolute Gasteiger partial charge is 0.412 e. The molecule has 0 radical (unpaired) electrons. The quantitative estimate of drug-likeness (QED) is 0.262. The molecule has 13 heteroatoms. The third-order valence-corrected chi connectivity index (χ3v) is 6.25. The molecular weight excluding hydrogens is 536 g/mol. The minimum Gasteiger partial charge on any atom is -0.447 e. The highest BCUT2D eigenvalue weighted by molar-refractivity contribution is 6.31. The molecular formula is C26H28ClF2N5O5. The van der Waals surface area contributed by atoms with E-state index in [2.05, 4.69) is 20.9 Å². The lowest BCUT2D eigenvalue weighted by atomic mass is 10.1. The number of carbonyl (C=O) groups is 3. The standard InChI is InChI=1S/C26H28ClF2N5O5/c1-34(25(37)32-13-17-4-2-6-21(29)24(17)27)20(5-3-9-30-23(36)14-35)15-39-26(38)33-22-11-18-10-19(28)8-7-16(18)12-31-22/h2,4,6-8,10-12,20,35H,3,5,9,13-15H2,1H3,(H,30,36)(H,32,37)(H,31,33,38)/t20-/m0/s1. The first-order valence-electron chi connectivity index (χ1n) is 12.0. The summed E-state index contributed by atoms with van der Waals surface area (Å²) in [5.41, 5.74) is 0.389. The van der Waals surface area contributed by atoms with Crippen LogP contribution >= 0.6 is 11.6 Å². The second-order valence-electron chi connectivity index (χ2n) is 8.57. The van der Waals surface area contributed by atoms with Gasteiger partial charge in [0.2, 0.25) is 5.91 Å². The molecule has 0 unspecified atom stereocenters. The molecule has 3 rings (SSSR count). The molecule has 1 heterocycles. The van der Waals surface area contributed by atoms with E-state index in [1.165, 1.54) is 48.5 Å². The van der Waals surface area contributed by atoms with Crippen LogP contribution in [-0.2, 0) is 16.1 Å². The van der Waals surface area contributed by atoms with E-state index in [1.807, 2.05) is 0 Å². The van der Waals surface area contributed by atoms with Crippen LogP contribution in [0.3, 0.4) is 0 Å². The molecule has 0 saturated carbocycles. The fourth-order valence-corrected chi connectivity index (χ4v) is 3.84. The zero-order chi connectivity index (χ0) is 28.4. The van der Waals surface area contributed by atoms with Crippen LogP contribution < -0.4 is 16.0 Å². The largest absolute Gasteiger partial charge is 0.447 e. The molecule has 10 nitrogen and oxygen atoms in total. The maximum absolute atomic E-state index is 13.7. The van der Waals surface area contributed by atoms with Crippen LogP contribution in [0.25, 0.3) is 10.8 Å². The summed E-state index contributed by atoms with van der Waals surface area (Å²) in [5, 5.41) is 17.6. The van der Waals surface area contributed by atoms with Crippen molar-refractivity contribution in [3.63, 3.8) is 0 Å². The number of fused-ring (bicyclic) bond motifs is 1. The van der Waals surface area contributed by atoms with Gasteiger partial charge in [-0.1, -0.05) is 23.7 Å². The number of benzene rings is 2. The summed E-state index contributed by atoms with van der Waals surface area (Å²) in [6.07, 6.45) is 1.39. The fourth-order valence-electron chi connectivity index (χ4n) is 3.65.